The first-order chi connectivity index (χ1) is 12.3. The molecular weight excluding hydrogens is 410 g/mol. The van der Waals surface area contributed by atoms with Gasteiger partial charge in [0.25, 0.3) is 0 Å². The number of carbonyl (C=O) groups is 1. The zero-order valence-corrected chi connectivity index (χ0v) is 16.1. The normalized spacial score (nSPS) is 11.8. The Morgan fingerprint density at radius 3 is 2.54 bits per heavy atom. The van der Waals surface area contributed by atoms with Gasteiger partial charge in [-0.05, 0) is 47.1 Å². The fourth-order valence-corrected chi connectivity index (χ4v) is 2.89. The van der Waals surface area contributed by atoms with Crippen molar-refractivity contribution in [1.29, 1.82) is 0 Å². The van der Waals surface area contributed by atoms with E-state index in [1.54, 1.807) is 26.4 Å². The molecule has 0 saturated heterocycles. The minimum atomic E-state index is -0.854. The van der Waals surface area contributed by atoms with Crippen molar-refractivity contribution in [3.05, 3.63) is 52.0 Å². The fraction of sp³-hybridized carbons (Fsp3) is 0.278. The molecule has 2 rings (SSSR count). The number of halogens is 3. The van der Waals surface area contributed by atoms with Gasteiger partial charge < -0.3 is 20.1 Å². The highest BCUT2D eigenvalue weighted by molar-refractivity contribution is 9.10. The van der Waals surface area contributed by atoms with Crippen molar-refractivity contribution in [2.24, 2.45) is 0 Å². The topological polar surface area (TPSA) is 59.6 Å². The van der Waals surface area contributed by atoms with Crippen LogP contribution in [0.1, 0.15) is 18.5 Å². The lowest BCUT2D eigenvalue weighted by Crippen LogP contribution is -2.30. The molecule has 2 aromatic carbocycles. The summed E-state index contributed by atoms with van der Waals surface area (Å²) in [6, 6.07) is 6.92. The van der Waals surface area contributed by atoms with Crippen LogP contribution in [0, 0.1) is 11.6 Å². The Balaban J connectivity index is 2.04. The van der Waals surface area contributed by atoms with Gasteiger partial charge in [0.2, 0.25) is 5.91 Å². The van der Waals surface area contributed by atoms with Crippen molar-refractivity contribution >= 4 is 27.5 Å². The molecule has 8 heteroatoms. The van der Waals surface area contributed by atoms with E-state index in [1.165, 1.54) is 0 Å². The fourth-order valence-electron chi connectivity index (χ4n) is 2.38. The molecule has 1 atom stereocenters. The molecule has 0 spiro atoms. The highest BCUT2D eigenvalue weighted by atomic mass is 79.9. The Labute approximate surface area is 158 Å². The molecule has 0 heterocycles. The number of anilines is 1. The van der Waals surface area contributed by atoms with Gasteiger partial charge >= 0.3 is 0 Å². The number of rotatable bonds is 7. The van der Waals surface area contributed by atoms with Crippen molar-refractivity contribution in [3.8, 4) is 11.5 Å². The van der Waals surface area contributed by atoms with Gasteiger partial charge in [-0.3, -0.25) is 4.79 Å². The maximum absolute atomic E-state index is 13.8. The van der Waals surface area contributed by atoms with Crippen LogP contribution in [0.3, 0.4) is 0 Å². The highest BCUT2D eigenvalue weighted by Gasteiger charge is 2.16. The molecule has 0 bridgehead atoms. The summed E-state index contributed by atoms with van der Waals surface area (Å²) >= 11 is 3.03. The van der Waals surface area contributed by atoms with E-state index in [2.05, 4.69) is 26.6 Å². The highest BCUT2D eigenvalue weighted by Crippen LogP contribution is 2.29. The average molecular weight is 429 g/mol. The molecule has 2 N–H and O–H groups in total. The van der Waals surface area contributed by atoms with E-state index >= 15 is 0 Å². The van der Waals surface area contributed by atoms with Crippen LogP contribution in [0.4, 0.5) is 14.5 Å². The van der Waals surface area contributed by atoms with Crippen LogP contribution in [-0.4, -0.2) is 26.7 Å². The molecule has 140 valence electrons. The predicted octanol–water partition coefficient (Wildman–Crippen LogP) is 4.03. The summed E-state index contributed by atoms with van der Waals surface area (Å²) in [5, 5.41) is 5.45. The van der Waals surface area contributed by atoms with Crippen LogP contribution in [0.15, 0.2) is 34.8 Å². The van der Waals surface area contributed by atoms with Gasteiger partial charge in [-0.25, -0.2) is 8.78 Å². The Hall–Kier alpha value is -2.19. The molecule has 0 aliphatic heterocycles. The van der Waals surface area contributed by atoms with Crippen molar-refractivity contribution in [3.63, 3.8) is 0 Å². The van der Waals surface area contributed by atoms with E-state index < -0.39 is 17.5 Å². The Morgan fingerprint density at radius 1 is 1.19 bits per heavy atom. The predicted molar refractivity (Wildman–Crippen MR) is 98.7 cm³/mol. The molecule has 0 fully saturated rings. The third-order valence-electron chi connectivity index (χ3n) is 3.74. The van der Waals surface area contributed by atoms with Crippen LogP contribution < -0.4 is 20.1 Å². The average Bonchev–Trinajstić information content (AvgIpc) is 2.62. The number of methoxy groups -OCH3 is 2. The minimum absolute atomic E-state index is 0.0786. The number of carbonyl (C=O) groups excluding carboxylic acids is 1. The minimum Gasteiger partial charge on any atom is -0.497 e. The van der Waals surface area contributed by atoms with Crippen molar-refractivity contribution in [1.82, 2.24) is 5.32 Å². The first kappa shape index (κ1) is 20.1. The zero-order chi connectivity index (χ0) is 19.3. The summed E-state index contributed by atoms with van der Waals surface area (Å²) in [6.07, 6.45) is 0. The van der Waals surface area contributed by atoms with Gasteiger partial charge in [0, 0.05) is 22.1 Å². The number of amides is 1. The monoisotopic (exact) mass is 428 g/mol. The number of ether oxygens (including phenoxy) is 2. The first-order valence-electron chi connectivity index (χ1n) is 7.75. The first-order valence-corrected chi connectivity index (χ1v) is 8.54. The molecule has 2 aromatic rings. The van der Waals surface area contributed by atoms with E-state index in [1.807, 2.05) is 13.0 Å². The van der Waals surface area contributed by atoms with Crippen LogP contribution in [-0.2, 0) is 4.79 Å². The second-order valence-electron chi connectivity index (χ2n) is 5.50. The Kier molecular flexibility index (Phi) is 6.93. The molecule has 1 amide bonds. The molecule has 5 nitrogen and oxygen atoms in total. The quantitative estimate of drug-likeness (QED) is 0.698. The molecule has 0 radical (unpaired) electrons. The summed E-state index contributed by atoms with van der Waals surface area (Å²) in [7, 11) is 3.12. The molecule has 0 aliphatic rings. The summed E-state index contributed by atoms with van der Waals surface area (Å²) < 4.78 is 37.5. The van der Waals surface area contributed by atoms with Crippen LogP contribution >= 0.6 is 15.9 Å². The van der Waals surface area contributed by atoms with Crippen molar-refractivity contribution < 1.29 is 23.0 Å². The van der Waals surface area contributed by atoms with E-state index in [0.717, 1.165) is 11.6 Å². The van der Waals surface area contributed by atoms with E-state index in [9.17, 15) is 13.6 Å². The number of benzene rings is 2. The van der Waals surface area contributed by atoms with Crippen molar-refractivity contribution in [2.75, 3.05) is 26.1 Å². The maximum atomic E-state index is 13.8. The molecule has 0 aromatic heterocycles. The van der Waals surface area contributed by atoms with Crippen LogP contribution in [0.2, 0.25) is 0 Å². The van der Waals surface area contributed by atoms with E-state index in [0.29, 0.717) is 17.6 Å². The van der Waals surface area contributed by atoms with Crippen LogP contribution in [0.5, 0.6) is 11.5 Å². The Bertz CT molecular complexity index is 779. The number of nitrogens with one attached hydrogen (secondary N) is 2. The van der Waals surface area contributed by atoms with Crippen molar-refractivity contribution in [2.45, 2.75) is 13.0 Å². The number of hydrogen-bond acceptors (Lipinski definition) is 4. The SMILES string of the molecule is COc1ccc(OC)c(C(C)NCC(=O)Nc2c(F)cc(F)cc2Br)c1. The zero-order valence-electron chi connectivity index (χ0n) is 14.5. The lowest BCUT2D eigenvalue weighted by Gasteiger charge is -2.18. The van der Waals surface area contributed by atoms with Gasteiger partial charge in [-0.2, -0.15) is 0 Å². The molecule has 1 unspecified atom stereocenters. The summed E-state index contributed by atoms with van der Waals surface area (Å²) in [5.74, 6) is -0.739. The van der Waals surface area contributed by atoms with Gasteiger partial charge in [0.15, 0.2) is 5.82 Å². The maximum Gasteiger partial charge on any atom is 0.238 e. The smallest absolute Gasteiger partial charge is 0.238 e. The molecule has 0 aliphatic carbocycles. The standard InChI is InChI=1S/C18H19BrF2N2O3/c1-10(13-8-12(25-2)4-5-16(13)26-3)22-9-17(24)23-18-14(19)6-11(20)7-15(18)21/h4-8,10,22H,9H2,1-3H3,(H,23,24). The summed E-state index contributed by atoms with van der Waals surface area (Å²) in [5.41, 5.74) is 0.707. The lowest BCUT2D eigenvalue weighted by atomic mass is 10.1. The van der Waals surface area contributed by atoms with E-state index in [-0.39, 0.29) is 22.7 Å². The third-order valence-corrected chi connectivity index (χ3v) is 4.37. The number of hydrogen-bond donors (Lipinski definition) is 2. The van der Waals surface area contributed by atoms with Gasteiger partial charge in [-0.1, -0.05) is 0 Å². The van der Waals surface area contributed by atoms with Gasteiger partial charge in [0.05, 0.1) is 26.5 Å². The van der Waals surface area contributed by atoms with Gasteiger partial charge in [-0.15, -0.1) is 0 Å². The second kappa shape index (κ2) is 8.95. The third kappa shape index (κ3) is 4.92. The van der Waals surface area contributed by atoms with E-state index in [4.69, 9.17) is 9.47 Å². The lowest BCUT2D eigenvalue weighted by molar-refractivity contribution is -0.115. The van der Waals surface area contributed by atoms with Crippen LogP contribution in [0.25, 0.3) is 0 Å². The van der Waals surface area contributed by atoms with Gasteiger partial charge in [0.1, 0.15) is 17.3 Å². The summed E-state index contributed by atoms with van der Waals surface area (Å²) in [6.45, 7) is 1.78. The second-order valence-corrected chi connectivity index (χ2v) is 6.36. The summed E-state index contributed by atoms with van der Waals surface area (Å²) in [4.78, 5) is 12.1. The molecular formula is C18H19BrF2N2O3. The Morgan fingerprint density at radius 2 is 1.92 bits per heavy atom. The largest absolute Gasteiger partial charge is 0.497 e. The molecule has 26 heavy (non-hydrogen) atoms. The molecule has 0 saturated carbocycles.